The van der Waals surface area contributed by atoms with Crippen molar-refractivity contribution in [1.82, 2.24) is 30.4 Å². The first kappa shape index (κ1) is 15.4. The van der Waals surface area contributed by atoms with Crippen LogP contribution in [0.25, 0.3) is 11.3 Å². The second kappa shape index (κ2) is 5.84. The number of aromatic amines is 1. The first-order valence-corrected chi connectivity index (χ1v) is 8.21. The van der Waals surface area contributed by atoms with Crippen molar-refractivity contribution >= 4 is 11.6 Å². The number of aromatic nitrogens is 6. The van der Waals surface area contributed by atoms with Crippen LogP contribution in [-0.2, 0) is 0 Å². The largest absolute Gasteiger partial charge is 0.318 e. The minimum Gasteiger partial charge on any atom is -0.318 e. The van der Waals surface area contributed by atoms with E-state index in [9.17, 15) is 9.18 Å². The Kier molecular flexibility index (Phi) is 3.32. The summed E-state index contributed by atoms with van der Waals surface area (Å²) in [5.74, 6) is -0.0891. The number of hydrogen-bond acceptors (Lipinski definition) is 6. The lowest BCUT2D eigenvalue weighted by atomic mass is 9.92. The van der Waals surface area contributed by atoms with E-state index in [-0.39, 0.29) is 5.82 Å². The first-order valence-electron chi connectivity index (χ1n) is 8.21. The molecule has 0 radical (unpaired) electrons. The topological polar surface area (TPSA) is 101 Å². The predicted octanol–water partition coefficient (Wildman–Crippen LogP) is 2.26. The van der Waals surface area contributed by atoms with E-state index in [4.69, 9.17) is 0 Å². The third-order valence-corrected chi connectivity index (χ3v) is 4.48. The maximum atomic E-state index is 13.9. The van der Waals surface area contributed by atoms with Gasteiger partial charge in [0, 0.05) is 11.1 Å². The van der Waals surface area contributed by atoms with E-state index in [0.717, 1.165) is 5.56 Å². The Morgan fingerprint density at radius 1 is 1.07 bits per heavy atom. The molecule has 0 saturated heterocycles. The van der Waals surface area contributed by atoms with Gasteiger partial charge < -0.3 is 5.32 Å². The van der Waals surface area contributed by atoms with Crippen LogP contribution >= 0.6 is 0 Å². The van der Waals surface area contributed by atoms with Gasteiger partial charge in [0.05, 0.1) is 5.69 Å². The predicted molar refractivity (Wildman–Crippen MR) is 95.0 cm³/mol. The third kappa shape index (κ3) is 2.40. The highest BCUT2D eigenvalue weighted by Crippen LogP contribution is 2.40. The van der Waals surface area contributed by atoms with Crippen LogP contribution in [-0.4, -0.2) is 30.4 Å². The van der Waals surface area contributed by atoms with E-state index in [2.05, 4.69) is 31.0 Å². The van der Waals surface area contributed by atoms with Gasteiger partial charge in [0.15, 0.2) is 0 Å². The SMILES string of the molecule is O=c1[nH]nc(-c2ccccc2)c2c1Nc1nnnn1[C@H]2c1cccc(F)c1. The molecule has 0 aliphatic carbocycles. The third-order valence-electron chi connectivity index (χ3n) is 4.48. The van der Waals surface area contributed by atoms with Gasteiger partial charge in [0.2, 0.25) is 5.95 Å². The van der Waals surface area contributed by atoms with E-state index >= 15 is 0 Å². The monoisotopic (exact) mass is 361 g/mol. The van der Waals surface area contributed by atoms with Crippen LogP contribution in [0.3, 0.4) is 0 Å². The maximum Gasteiger partial charge on any atom is 0.288 e. The molecule has 2 aromatic heterocycles. The van der Waals surface area contributed by atoms with Crippen molar-refractivity contribution in [2.75, 3.05) is 5.32 Å². The number of hydrogen-bond donors (Lipinski definition) is 2. The summed E-state index contributed by atoms with van der Waals surface area (Å²) in [7, 11) is 0. The smallest absolute Gasteiger partial charge is 0.288 e. The van der Waals surface area contributed by atoms with Gasteiger partial charge in [0.1, 0.15) is 17.5 Å². The van der Waals surface area contributed by atoms with Crippen molar-refractivity contribution in [3.05, 3.63) is 81.9 Å². The Morgan fingerprint density at radius 3 is 2.74 bits per heavy atom. The molecule has 132 valence electrons. The number of fused-ring (bicyclic) bond motifs is 2. The zero-order valence-corrected chi connectivity index (χ0v) is 13.8. The normalized spacial score (nSPS) is 14.9. The van der Waals surface area contributed by atoms with Crippen LogP contribution in [0.5, 0.6) is 0 Å². The van der Waals surface area contributed by atoms with Crippen LogP contribution in [0, 0.1) is 5.82 Å². The molecule has 0 fully saturated rings. The molecule has 1 aliphatic rings. The van der Waals surface area contributed by atoms with E-state index in [1.54, 1.807) is 12.1 Å². The van der Waals surface area contributed by atoms with Crippen molar-refractivity contribution in [1.29, 1.82) is 0 Å². The molecule has 2 N–H and O–H groups in total. The Hall–Kier alpha value is -3.88. The van der Waals surface area contributed by atoms with Crippen LogP contribution in [0.2, 0.25) is 0 Å². The summed E-state index contributed by atoms with van der Waals surface area (Å²) in [6.45, 7) is 0. The number of H-pyrrole nitrogens is 1. The molecule has 0 spiro atoms. The van der Waals surface area contributed by atoms with Gasteiger partial charge in [-0.3, -0.25) is 4.79 Å². The number of anilines is 2. The number of tetrazole rings is 1. The highest BCUT2D eigenvalue weighted by Gasteiger charge is 2.34. The first-order chi connectivity index (χ1) is 13.2. The van der Waals surface area contributed by atoms with E-state index in [0.29, 0.717) is 28.5 Å². The van der Waals surface area contributed by atoms with Gasteiger partial charge in [-0.1, -0.05) is 47.6 Å². The minimum atomic E-state index is -0.605. The molecule has 0 amide bonds. The van der Waals surface area contributed by atoms with Crippen molar-refractivity contribution < 1.29 is 4.39 Å². The van der Waals surface area contributed by atoms with Gasteiger partial charge in [-0.2, -0.15) is 9.78 Å². The molecule has 8 nitrogen and oxygen atoms in total. The summed E-state index contributed by atoms with van der Waals surface area (Å²) >= 11 is 0. The summed E-state index contributed by atoms with van der Waals surface area (Å²) in [5.41, 5.74) is 2.45. The number of nitrogens with zero attached hydrogens (tertiary/aromatic N) is 5. The fourth-order valence-electron chi connectivity index (χ4n) is 3.34. The van der Waals surface area contributed by atoms with Gasteiger partial charge in [-0.05, 0) is 28.1 Å². The molecule has 5 rings (SSSR count). The van der Waals surface area contributed by atoms with Crippen LogP contribution in [0.4, 0.5) is 16.0 Å². The lowest BCUT2D eigenvalue weighted by molar-refractivity contribution is 0.560. The number of benzene rings is 2. The standard InChI is InChI=1S/C18H12FN7O/c19-12-8-4-7-11(9-12)16-13-14(10-5-2-1-3-6-10)21-22-17(27)15(13)20-18-23-24-25-26(16)18/h1-9,16H,(H,22,27)(H,20,23,25)/t16-/m0/s1. The molecule has 0 bridgehead atoms. The highest BCUT2D eigenvalue weighted by molar-refractivity contribution is 5.75. The minimum absolute atomic E-state index is 0.292. The zero-order valence-electron chi connectivity index (χ0n) is 13.8. The van der Waals surface area contributed by atoms with E-state index in [1.807, 2.05) is 30.3 Å². The summed E-state index contributed by atoms with van der Waals surface area (Å²) < 4.78 is 15.5. The fraction of sp³-hybridized carbons (Fsp3) is 0.0556. The van der Waals surface area contributed by atoms with Crippen molar-refractivity contribution in [2.24, 2.45) is 0 Å². The molecule has 1 aliphatic heterocycles. The summed E-state index contributed by atoms with van der Waals surface area (Å²) in [5, 5.41) is 21.4. The number of nitrogens with one attached hydrogen (secondary N) is 2. The molecule has 0 saturated carbocycles. The van der Waals surface area contributed by atoms with Crippen molar-refractivity contribution in [3.63, 3.8) is 0 Å². The molecule has 9 heteroatoms. The molecule has 4 aromatic rings. The quantitative estimate of drug-likeness (QED) is 0.500. The molecule has 27 heavy (non-hydrogen) atoms. The lowest BCUT2D eigenvalue weighted by Crippen LogP contribution is -2.29. The molecular formula is C18H12FN7O. The fourth-order valence-corrected chi connectivity index (χ4v) is 3.34. The Morgan fingerprint density at radius 2 is 1.93 bits per heavy atom. The summed E-state index contributed by atoms with van der Waals surface area (Å²) in [6, 6.07) is 15.0. The molecule has 1 atom stereocenters. The van der Waals surface area contributed by atoms with Crippen LogP contribution < -0.4 is 10.9 Å². The lowest BCUT2D eigenvalue weighted by Gasteiger charge is -2.27. The molecule has 0 unspecified atom stereocenters. The van der Waals surface area contributed by atoms with Gasteiger partial charge >= 0.3 is 0 Å². The Balaban J connectivity index is 1.84. The maximum absolute atomic E-state index is 13.9. The van der Waals surface area contributed by atoms with Crippen molar-refractivity contribution in [2.45, 2.75) is 6.04 Å². The zero-order chi connectivity index (χ0) is 18.4. The Bertz CT molecular complexity index is 1200. The summed E-state index contributed by atoms with van der Waals surface area (Å²) in [4.78, 5) is 12.5. The molecule has 3 heterocycles. The van der Waals surface area contributed by atoms with Gasteiger partial charge in [-0.15, -0.1) is 0 Å². The van der Waals surface area contributed by atoms with E-state index < -0.39 is 11.6 Å². The molecule has 2 aromatic carbocycles. The second-order valence-electron chi connectivity index (χ2n) is 6.09. The van der Waals surface area contributed by atoms with Crippen LogP contribution in [0.1, 0.15) is 17.2 Å². The average Bonchev–Trinajstić information content (AvgIpc) is 3.16. The van der Waals surface area contributed by atoms with Crippen LogP contribution in [0.15, 0.2) is 59.4 Å². The van der Waals surface area contributed by atoms with Gasteiger partial charge in [-0.25, -0.2) is 9.49 Å². The number of rotatable bonds is 2. The highest BCUT2D eigenvalue weighted by atomic mass is 19.1. The Labute approximate surface area is 151 Å². The van der Waals surface area contributed by atoms with E-state index in [1.165, 1.54) is 16.8 Å². The van der Waals surface area contributed by atoms with Gasteiger partial charge in [0.25, 0.3) is 5.56 Å². The number of halogens is 1. The average molecular weight is 361 g/mol. The molecular weight excluding hydrogens is 349 g/mol. The second-order valence-corrected chi connectivity index (χ2v) is 6.09. The summed E-state index contributed by atoms with van der Waals surface area (Å²) in [6.07, 6.45) is 0. The van der Waals surface area contributed by atoms with Crippen molar-refractivity contribution in [3.8, 4) is 11.3 Å².